The van der Waals surface area contributed by atoms with Crippen molar-refractivity contribution in [2.75, 3.05) is 19.7 Å². The number of nitrogens with one attached hydrogen (secondary N) is 1. The molecule has 0 radical (unpaired) electrons. The lowest BCUT2D eigenvalue weighted by Gasteiger charge is -2.08. The number of carbonyl (C=O) groups is 1. The van der Waals surface area contributed by atoms with Gasteiger partial charge in [0.25, 0.3) is 0 Å². The number of unbranched alkanes of at least 4 members (excludes halogenated alkanes) is 1. The monoisotopic (exact) mass is 214 g/mol. The van der Waals surface area contributed by atoms with Crippen molar-refractivity contribution in [1.82, 2.24) is 5.32 Å². The molecule has 0 fully saturated rings. The molecule has 0 atom stereocenters. The predicted octanol–water partition coefficient (Wildman–Crippen LogP) is 2.46. The van der Waals surface area contributed by atoms with E-state index >= 15 is 0 Å². The highest BCUT2D eigenvalue weighted by molar-refractivity contribution is 5.66. The van der Waals surface area contributed by atoms with Crippen LogP contribution in [0.1, 0.15) is 26.7 Å². The molecule has 6 nitrogen and oxygen atoms in total. The van der Waals surface area contributed by atoms with E-state index in [1.165, 1.54) is 0 Å². The number of rotatable bonds is 7. The average molecular weight is 214 g/mol. The number of amides is 1. The van der Waals surface area contributed by atoms with Crippen LogP contribution in [0, 0.1) is 5.92 Å². The fraction of sp³-hybridized carbons (Fsp3) is 0.889. The Bertz CT molecular complexity index is 224. The summed E-state index contributed by atoms with van der Waals surface area (Å²) in [6.45, 7) is 5.42. The number of carbonyl (C=O) groups excluding carboxylic acids is 1. The zero-order chi connectivity index (χ0) is 11.5. The second-order valence-corrected chi connectivity index (χ2v) is 3.58. The maximum Gasteiger partial charge on any atom is 0.407 e. The van der Waals surface area contributed by atoms with Gasteiger partial charge in [0.05, 0.1) is 6.61 Å². The minimum Gasteiger partial charge on any atom is -0.449 e. The molecular formula is C9H18N4O2. The fourth-order valence-electron chi connectivity index (χ4n) is 0.836. The Labute approximate surface area is 89.6 Å². The summed E-state index contributed by atoms with van der Waals surface area (Å²) in [6.07, 6.45) is 1.18. The Morgan fingerprint density at radius 3 is 2.87 bits per heavy atom. The van der Waals surface area contributed by atoms with Crippen molar-refractivity contribution < 1.29 is 9.53 Å². The maximum atomic E-state index is 11.0. The summed E-state index contributed by atoms with van der Waals surface area (Å²) in [5.41, 5.74) is 8.00. The van der Waals surface area contributed by atoms with Crippen molar-refractivity contribution in [2.24, 2.45) is 11.0 Å². The summed E-state index contributed by atoms with van der Waals surface area (Å²) in [7, 11) is 0. The van der Waals surface area contributed by atoms with E-state index in [9.17, 15) is 4.79 Å². The lowest BCUT2D eigenvalue weighted by molar-refractivity contribution is 0.133. The highest BCUT2D eigenvalue weighted by Gasteiger charge is 2.01. The van der Waals surface area contributed by atoms with Crippen LogP contribution in [0.3, 0.4) is 0 Å². The quantitative estimate of drug-likeness (QED) is 0.305. The first-order valence-corrected chi connectivity index (χ1v) is 5.08. The number of hydrogen-bond acceptors (Lipinski definition) is 3. The van der Waals surface area contributed by atoms with E-state index in [4.69, 9.17) is 10.3 Å². The summed E-state index contributed by atoms with van der Waals surface area (Å²) in [5.74, 6) is 0.348. The molecule has 86 valence electrons. The first kappa shape index (κ1) is 13.6. The Hall–Kier alpha value is -1.42. The molecule has 0 aromatic rings. The predicted molar refractivity (Wildman–Crippen MR) is 57.4 cm³/mol. The first-order chi connectivity index (χ1) is 7.16. The molecule has 0 heterocycles. The van der Waals surface area contributed by atoms with Gasteiger partial charge in [-0.1, -0.05) is 19.0 Å². The van der Waals surface area contributed by atoms with E-state index in [1.807, 2.05) is 13.8 Å². The first-order valence-electron chi connectivity index (χ1n) is 5.08. The van der Waals surface area contributed by atoms with Crippen LogP contribution < -0.4 is 5.32 Å². The standard InChI is InChI=1S/C9H18N4O2/c1-8(2)7-15-9(14)11-5-3-4-6-12-13-10/h8H,3-7H2,1-2H3,(H,11,14). The summed E-state index contributed by atoms with van der Waals surface area (Å²) >= 11 is 0. The second kappa shape index (κ2) is 9.15. The second-order valence-electron chi connectivity index (χ2n) is 3.58. The normalized spacial score (nSPS) is 9.53. The van der Waals surface area contributed by atoms with E-state index in [-0.39, 0.29) is 6.09 Å². The summed E-state index contributed by atoms with van der Waals surface area (Å²) in [4.78, 5) is 13.7. The third kappa shape index (κ3) is 10.5. The van der Waals surface area contributed by atoms with Crippen LogP contribution in [-0.4, -0.2) is 25.8 Å². The molecule has 0 saturated carbocycles. The largest absolute Gasteiger partial charge is 0.449 e. The molecule has 0 aliphatic rings. The van der Waals surface area contributed by atoms with Crippen LogP contribution in [-0.2, 0) is 4.74 Å². The molecule has 0 bridgehead atoms. The van der Waals surface area contributed by atoms with Gasteiger partial charge in [-0.05, 0) is 24.3 Å². The van der Waals surface area contributed by atoms with Gasteiger partial charge in [-0.15, -0.1) is 0 Å². The summed E-state index contributed by atoms with van der Waals surface area (Å²) in [5, 5.41) is 6.00. The van der Waals surface area contributed by atoms with Gasteiger partial charge in [0, 0.05) is 18.0 Å². The van der Waals surface area contributed by atoms with Gasteiger partial charge in [0.1, 0.15) is 0 Å². The smallest absolute Gasteiger partial charge is 0.407 e. The number of hydrogen-bond donors (Lipinski definition) is 1. The molecule has 0 saturated heterocycles. The van der Waals surface area contributed by atoms with Crippen LogP contribution in [0.2, 0.25) is 0 Å². The topological polar surface area (TPSA) is 87.1 Å². The zero-order valence-electron chi connectivity index (χ0n) is 9.27. The van der Waals surface area contributed by atoms with Gasteiger partial charge < -0.3 is 10.1 Å². The van der Waals surface area contributed by atoms with Gasteiger partial charge in [-0.3, -0.25) is 0 Å². The third-order valence-electron chi connectivity index (χ3n) is 1.57. The summed E-state index contributed by atoms with van der Waals surface area (Å²) < 4.78 is 4.90. The fourth-order valence-corrected chi connectivity index (χ4v) is 0.836. The highest BCUT2D eigenvalue weighted by Crippen LogP contribution is 1.93. The Morgan fingerprint density at radius 1 is 1.53 bits per heavy atom. The molecule has 0 unspecified atom stereocenters. The molecule has 6 heteroatoms. The Balaban J connectivity index is 3.27. The van der Waals surface area contributed by atoms with Crippen molar-refractivity contribution in [1.29, 1.82) is 0 Å². The molecule has 15 heavy (non-hydrogen) atoms. The molecular weight excluding hydrogens is 196 g/mol. The van der Waals surface area contributed by atoms with Crippen molar-refractivity contribution in [2.45, 2.75) is 26.7 Å². The van der Waals surface area contributed by atoms with Crippen LogP contribution in [0.25, 0.3) is 10.4 Å². The van der Waals surface area contributed by atoms with E-state index in [2.05, 4.69) is 15.3 Å². The van der Waals surface area contributed by atoms with Crippen molar-refractivity contribution in [3.05, 3.63) is 10.4 Å². The van der Waals surface area contributed by atoms with E-state index < -0.39 is 0 Å². The number of alkyl carbamates (subject to hydrolysis) is 1. The van der Waals surface area contributed by atoms with Gasteiger partial charge in [-0.2, -0.15) is 0 Å². The third-order valence-corrected chi connectivity index (χ3v) is 1.57. The van der Waals surface area contributed by atoms with Crippen LogP contribution in [0.4, 0.5) is 4.79 Å². The minimum absolute atomic E-state index is 0.348. The highest BCUT2D eigenvalue weighted by atomic mass is 16.5. The van der Waals surface area contributed by atoms with Gasteiger partial charge in [0.15, 0.2) is 0 Å². The lowest BCUT2D eigenvalue weighted by atomic mass is 10.2. The Kier molecular flexibility index (Phi) is 8.28. The zero-order valence-corrected chi connectivity index (χ0v) is 9.27. The van der Waals surface area contributed by atoms with E-state index in [1.54, 1.807) is 0 Å². The van der Waals surface area contributed by atoms with Crippen molar-refractivity contribution in [3.63, 3.8) is 0 Å². The summed E-state index contributed by atoms with van der Waals surface area (Å²) in [6, 6.07) is 0. The number of ether oxygens (including phenoxy) is 1. The number of nitrogens with zero attached hydrogens (tertiary/aromatic N) is 3. The van der Waals surface area contributed by atoms with Gasteiger partial charge in [-0.25, -0.2) is 4.79 Å². The molecule has 0 aliphatic carbocycles. The molecule has 0 aromatic carbocycles. The van der Waals surface area contributed by atoms with Gasteiger partial charge in [0.2, 0.25) is 0 Å². The van der Waals surface area contributed by atoms with Gasteiger partial charge >= 0.3 is 6.09 Å². The van der Waals surface area contributed by atoms with E-state index in [0.717, 1.165) is 12.8 Å². The van der Waals surface area contributed by atoms with Crippen LogP contribution >= 0.6 is 0 Å². The Morgan fingerprint density at radius 2 is 2.27 bits per heavy atom. The number of azide groups is 1. The molecule has 1 amide bonds. The average Bonchev–Trinajstić information content (AvgIpc) is 2.20. The SMILES string of the molecule is CC(C)COC(=O)NCCCCN=[N+]=[N-]. The molecule has 0 aliphatic heterocycles. The van der Waals surface area contributed by atoms with Crippen molar-refractivity contribution in [3.8, 4) is 0 Å². The van der Waals surface area contributed by atoms with Crippen molar-refractivity contribution >= 4 is 6.09 Å². The minimum atomic E-state index is -0.382. The molecule has 1 N–H and O–H groups in total. The van der Waals surface area contributed by atoms with Crippen LogP contribution in [0.15, 0.2) is 5.11 Å². The van der Waals surface area contributed by atoms with Crippen LogP contribution in [0.5, 0.6) is 0 Å². The molecule has 0 spiro atoms. The maximum absolute atomic E-state index is 11.0. The lowest BCUT2D eigenvalue weighted by Crippen LogP contribution is -2.26. The van der Waals surface area contributed by atoms with E-state index in [0.29, 0.717) is 25.6 Å². The molecule has 0 aromatic heterocycles. The molecule has 0 rings (SSSR count).